The fraction of sp³-hybridized carbons (Fsp3) is 0.909. The molecule has 1 fully saturated rings. The van der Waals surface area contributed by atoms with Crippen molar-refractivity contribution in [2.45, 2.75) is 39.2 Å². The highest BCUT2D eigenvalue weighted by atomic mass is 16.6. The van der Waals surface area contributed by atoms with E-state index in [0.717, 1.165) is 13.0 Å². The molecule has 0 aromatic heterocycles. The summed E-state index contributed by atoms with van der Waals surface area (Å²) >= 11 is 0. The standard InChI is InChI=1S/C11H22N2O2/c1-11(2,3)15-10(14)13-7-9-5-4-8(9)6-12/h8-9H,4-7,12H2,1-3H3,(H,13,14). The molecule has 2 unspecified atom stereocenters. The van der Waals surface area contributed by atoms with Crippen LogP contribution in [-0.2, 0) is 4.74 Å². The number of hydrogen-bond donors (Lipinski definition) is 2. The number of amides is 1. The minimum absolute atomic E-state index is 0.329. The van der Waals surface area contributed by atoms with Crippen molar-refractivity contribution in [1.82, 2.24) is 5.32 Å². The summed E-state index contributed by atoms with van der Waals surface area (Å²) in [5, 5.41) is 2.79. The molecule has 1 aliphatic carbocycles. The van der Waals surface area contributed by atoms with Crippen molar-refractivity contribution >= 4 is 6.09 Å². The molecule has 0 saturated heterocycles. The summed E-state index contributed by atoms with van der Waals surface area (Å²) in [5.41, 5.74) is 5.17. The molecule has 15 heavy (non-hydrogen) atoms. The molecule has 0 heterocycles. The molecule has 0 bridgehead atoms. The molecule has 3 N–H and O–H groups in total. The lowest BCUT2D eigenvalue weighted by Gasteiger charge is -2.35. The van der Waals surface area contributed by atoms with Crippen LogP contribution in [0.2, 0.25) is 0 Å². The smallest absolute Gasteiger partial charge is 0.407 e. The van der Waals surface area contributed by atoms with Crippen molar-refractivity contribution in [2.24, 2.45) is 17.6 Å². The lowest BCUT2D eigenvalue weighted by molar-refractivity contribution is 0.0493. The third-order valence-electron chi connectivity index (χ3n) is 2.79. The summed E-state index contributed by atoms with van der Waals surface area (Å²) in [6.45, 7) is 6.99. The SMILES string of the molecule is CC(C)(C)OC(=O)NCC1CCC1CN. The van der Waals surface area contributed by atoms with Gasteiger partial charge in [0.15, 0.2) is 0 Å². The number of alkyl carbamates (subject to hydrolysis) is 1. The Morgan fingerprint density at radius 1 is 1.40 bits per heavy atom. The van der Waals surface area contributed by atoms with E-state index < -0.39 is 5.60 Å². The Morgan fingerprint density at radius 3 is 2.40 bits per heavy atom. The average molecular weight is 214 g/mol. The van der Waals surface area contributed by atoms with E-state index in [9.17, 15) is 4.79 Å². The van der Waals surface area contributed by atoms with Crippen LogP contribution in [0.4, 0.5) is 4.79 Å². The Balaban J connectivity index is 2.17. The van der Waals surface area contributed by atoms with Gasteiger partial charge in [0, 0.05) is 6.54 Å². The molecule has 1 aliphatic rings. The predicted molar refractivity (Wildman–Crippen MR) is 59.5 cm³/mol. The van der Waals surface area contributed by atoms with Crippen LogP contribution < -0.4 is 11.1 Å². The minimum atomic E-state index is -0.420. The maximum atomic E-state index is 11.3. The van der Waals surface area contributed by atoms with Crippen LogP contribution in [0.15, 0.2) is 0 Å². The number of nitrogens with two attached hydrogens (primary N) is 1. The van der Waals surface area contributed by atoms with Gasteiger partial charge >= 0.3 is 6.09 Å². The van der Waals surface area contributed by atoms with Crippen LogP contribution in [-0.4, -0.2) is 24.8 Å². The van der Waals surface area contributed by atoms with Gasteiger partial charge in [0.1, 0.15) is 5.60 Å². The van der Waals surface area contributed by atoms with Crippen LogP contribution in [0.25, 0.3) is 0 Å². The third-order valence-corrected chi connectivity index (χ3v) is 2.79. The zero-order valence-electron chi connectivity index (χ0n) is 9.88. The van der Waals surface area contributed by atoms with Gasteiger partial charge < -0.3 is 15.8 Å². The van der Waals surface area contributed by atoms with E-state index >= 15 is 0 Å². The van der Waals surface area contributed by atoms with Gasteiger partial charge in [0.05, 0.1) is 0 Å². The fourth-order valence-electron chi connectivity index (χ4n) is 1.75. The van der Waals surface area contributed by atoms with Gasteiger partial charge in [0.2, 0.25) is 0 Å². The lowest BCUT2D eigenvalue weighted by atomic mass is 9.74. The normalized spacial score (nSPS) is 25.6. The summed E-state index contributed by atoms with van der Waals surface area (Å²) in [7, 11) is 0. The Hall–Kier alpha value is -0.770. The van der Waals surface area contributed by atoms with Crippen molar-refractivity contribution in [3.63, 3.8) is 0 Å². The average Bonchev–Trinajstić information content (AvgIpc) is 1.99. The van der Waals surface area contributed by atoms with Gasteiger partial charge in [-0.1, -0.05) is 0 Å². The topological polar surface area (TPSA) is 64.3 Å². The largest absolute Gasteiger partial charge is 0.444 e. The molecule has 1 amide bonds. The van der Waals surface area contributed by atoms with Crippen LogP contribution in [0.1, 0.15) is 33.6 Å². The fourth-order valence-corrected chi connectivity index (χ4v) is 1.75. The molecule has 0 aromatic carbocycles. The highest BCUT2D eigenvalue weighted by molar-refractivity contribution is 5.67. The molecular weight excluding hydrogens is 192 g/mol. The Labute approximate surface area is 91.5 Å². The van der Waals surface area contributed by atoms with Crippen LogP contribution in [0, 0.1) is 11.8 Å². The summed E-state index contributed by atoms with van der Waals surface area (Å²) in [5.74, 6) is 1.13. The summed E-state index contributed by atoms with van der Waals surface area (Å²) in [6.07, 6.45) is 2.03. The summed E-state index contributed by atoms with van der Waals surface area (Å²) in [4.78, 5) is 11.3. The second-order valence-electron chi connectivity index (χ2n) is 5.22. The molecule has 0 aromatic rings. The number of nitrogens with one attached hydrogen (secondary N) is 1. The Morgan fingerprint density at radius 2 is 2.00 bits per heavy atom. The molecule has 2 atom stereocenters. The molecule has 0 radical (unpaired) electrons. The molecular formula is C11H22N2O2. The van der Waals surface area contributed by atoms with Gasteiger partial charge in [-0.2, -0.15) is 0 Å². The van der Waals surface area contributed by atoms with Gasteiger partial charge in [-0.25, -0.2) is 4.79 Å². The first-order valence-corrected chi connectivity index (χ1v) is 5.59. The van der Waals surface area contributed by atoms with E-state index in [0.29, 0.717) is 18.4 Å². The second kappa shape index (κ2) is 4.84. The van der Waals surface area contributed by atoms with Gasteiger partial charge in [-0.15, -0.1) is 0 Å². The number of hydrogen-bond acceptors (Lipinski definition) is 3. The Kier molecular flexibility index (Phi) is 3.97. The molecule has 88 valence electrons. The zero-order valence-corrected chi connectivity index (χ0v) is 9.88. The monoisotopic (exact) mass is 214 g/mol. The minimum Gasteiger partial charge on any atom is -0.444 e. The lowest BCUT2D eigenvalue weighted by Crippen LogP contribution is -2.42. The first kappa shape index (κ1) is 12.3. The molecule has 4 heteroatoms. The van der Waals surface area contributed by atoms with Gasteiger partial charge in [-0.05, 0) is 52.0 Å². The van der Waals surface area contributed by atoms with Crippen molar-refractivity contribution < 1.29 is 9.53 Å². The molecule has 1 saturated carbocycles. The summed E-state index contributed by atoms with van der Waals surface area (Å²) < 4.78 is 5.14. The number of rotatable bonds is 3. The van der Waals surface area contributed by atoms with Crippen molar-refractivity contribution in [2.75, 3.05) is 13.1 Å². The van der Waals surface area contributed by atoms with E-state index in [1.807, 2.05) is 20.8 Å². The second-order valence-corrected chi connectivity index (χ2v) is 5.22. The van der Waals surface area contributed by atoms with E-state index in [1.54, 1.807) is 0 Å². The van der Waals surface area contributed by atoms with Crippen LogP contribution in [0.3, 0.4) is 0 Å². The Bertz CT molecular complexity index is 221. The molecule has 1 rings (SSSR count). The maximum absolute atomic E-state index is 11.3. The molecule has 4 nitrogen and oxygen atoms in total. The van der Waals surface area contributed by atoms with Gasteiger partial charge in [-0.3, -0.25) is 0 Å². The third kappa shape index (κ3) is 4.08. The summed E-state index contributed by atoms with van der Waals surface area (Å²) in [6, 6.07) is 0. The predicted octanol–water partition coefficient (Wildman–Crippen LogP) is 1.50. The highest BCUT2D eigenvalue weighted by Crippen LogP contribution is 2.32. The number of carbonyl (C=O) groups is 1. The van der Waals surface area contributed by atoms with Crippen LogP contribution in [0.5, 0.6) is 0 Å². The quantitative estimate of drug-likeness (QED) is 0.748. The van der Waals surface area contributed by atoms with E-state index in [4.69, 9.17) is 10.5 Å². The van der Waals surface area contributed by atoms with Crippen LogP contribution >= 0.6 is 0 Å². The first-order valence-electron chi connectivity index (χ1n) is 5.59. The van der Waals surface area contributed by atoms with E-state index in [2.05, 4.69) is 5.32 Å². The zero-order chi connectivity index (χ0) is 11.5. The van der Waals surface area contributed by atoms with Crippen molar-refractivity contribution in [3.05, 3.63) is 0 Å². The molecule has 0 spiro atoms. The first-order chi connectivity index (χ1) is 6.92. The number of carbonyl (C=O) groups excluding carboxylic acids is 1. The molecule has 0 aliphatic heterocycles. The number of ether oxygens (including phenoxy) is 1. The van der Waals surface area contributed by atoms with Gasteiger partial charge in [0.25, 0.3) is 0 Å². The van der Waals surface area contributed by atoms with E-state index in [1.165, 1.54) is 6.42 Å². The maximum Gasteiger partial charge on any atom is 0.407 e. The van der Waals surface area contributed by atoms with Crippen molar-refractivity contribution in [3.8, 4) is 0 Å². The van der Waals surface area contributed by atoms with E-state index in [-0.39, 0.29) is 6.09 Å². The highest BCUT2D eigenvalue weighted by Gasteiger charge is 2.30. The van der Waals surface area contributed by atoms with Crippen molar-refractivity contribution in [1.29, 1.82) is 0 Å².